The van der Waals surface area contributed by atoms with Crippen molar-refractivity contribution in [1.82, 2.24) is 4.90 Å². The molecule has 0 aliphatic carbocycles. The summed E-state index contributed by atoms with van der Waals surface area (Å²) in [6.45, 7) is 7.38. The van der Waals surface area contributed by atoms with Crippen LogP contribution in [0, 0.1) is 5.92 Å². The molecule has 1 aliphatic heterocycles. The van der Waals surface area contributed by atoms with Gasteiger partial charge in [-0.2, -0.15) is 0 Å². The Labute approximate surface area is 123 Å². The van der Waals surface area contributed by atoms with Crippen molar-refractivity contribution in [1.29, 1.82) is 0 Å². The van der Waals surface area contributed by atoms with E-state index in [1.165, 1.54) is 18.4 Å². The van der Waals surface area contributed by atoms with E-state index in [0.717, 1.165) is 38.9 Å². The second-order valence-corrected chi connectivity index (χ2v) is 6.41. The number of β-amino-alcohol motifs (C(OH)–C–C–N with tert-alkyl or cyclic N) is 1. The first-order valence-electron chi connectivity index (χ1n) is 8.14. The largest absolute Gasteiger partial charge is 0.389 e. The van der Waals surface area contributed by atoms with Crippen LogP contribution in [0.15, 0.2) is 30.3 Å². The molecule has 0 bridgehead atoms. The highest BCUT2D eigenvalue weighted by Gasteiger charge is 2.34. The first-order chi connectivity index (χ1) is 9.65. The summed E-state index contributed by atoms with van der Waals surface area (Å²) in [5.41, 5.74) is 0.878. The summed E-state index contributed by atoms with van der Waals surface area (Å²) in [5, 5.41) is 10.9. The van der Waals surface area contributed by atoms with E-state index in [9.17, 15) is 5.11 Å². The number of rotatable bonds is 6. The standard InChI is InChI=1S/C18H29NO/c1-3-16(4-2)13-18(20)11-8-12-19(15-18)14-17-9-6-5-7-10-17/h5-7,9-10,16,20H,3-4,8,11-15H2,1-2H3. The molecule has 2 heteroatoms. The molecule has 1 aromatic carbocycles. The molecule has 112 valence electrons. The van der Waals surface area contributed by atoms with Crippen molar-refractivity contribution in [3.05, 3.63) is 35.9 Å². The average molecular weight is 275 g/mol. The maximum atomic E-state index is 10.9. The molecular formula is C18H29NO. The van der Waals surface area contributed by atoms with Crippen molar-refractivity contribution in [3.63, 3.8) is 0 Å². The topological polar surface area (TPSA) is 23.5 Å². The molecule has 0 spiro atoms. The predicted octanol–water partition coefficient (Wildman–Crippen LogP) is 3.84. The number of nitrogens with zero attached hydrogens (tertiary/aromatic N) is 1. The van der Waals surface area contributed by atoms with Gasteiger partial charge in [-0.3, -0.25) is 4.90 Å². The van der Waals surface area contributed by atoms with Gasteiger partial charge in [-0.15, -0.1) is 0 Å². The lowest BCUT2D eigenvalue weighted by atomic mass is 9.82. The van der Waals surface area contributed by atoms with Gasteiger partial charge in [0.05, 0.1) is 5.60 Å². The molecule has 0 amide bonds. The second kappa shape index (κ2) is 7.24. The minimum atomic E-state index is -0.469. The SMILES string of the molecule is CCC(CC)CC1(O)CCCN(Cc2ccccc2)C1. The summed E-state index contributed by atoms with van der Waals surface area (Å²) in [6.07, 6.45) is 5.40. The molecule has 1 aromatic rings. The smallest absolute Gasteiger partial charge is 0.0777 e. The number of likely N-dealkylation sites (tertiary alicyclic amines) is 1. The third-order valence-corrected chi connectivity index (χ3v) is 4.71. The van der Waals surface area contributed by atoms with Crippen LogP contribution < -0.4 is 0 Å². The van der Waals surface area contributed by atoms with Gasteiger partial charge in [-0.25, -0.2) is 0 Å². The van der Waals surface area contributed by atoms with Crippen LogP contribution in [0.25, 0.3) is 0 Å². The lowest BCUT2D eigenvalue weighted by molar-refractivity contribution is -0.0506. The molecule has 1 N–H and O–H groups in total. The van der Waals surface area contributed by atoms with Crippen LogP contribution in [-0.2, 0) is 6.54 Å². The van der Waals surface area contributed by atoms with Crippen LogP contribution in [0.1, 0.15) is 51.5 Å². The molecule has 1 aliphatic rings. The van der Waals surface area contributed by atoms with Crippen LogP contribution >= 0.6 is 0 Å². The van der Waals surface area contributed by atoms with Crippen molar-refractivity contribution in [2.75, 3.05) is 13.1 Å². The molecule has 1 atom stereocenters. The van der Waals surface area contributed by atoms with E-state index in [1.807, 2.05) is 0 Å². The van der Waals surface area contributed by atoms with E-state index < -0.39 is 5.60 Å². The average Bonchev–Trinajstić information content (AvgIpc) is 2.46. The zero-order chi connectivity index (χ0) is 14.4. The second-order valence-electron chi connectivity index (χ2n) is 6.41. The molecule has 0 radical (unpaired) electrons. The summed E-state index contributed by atoms with van der Waals surface area (Å²) in [7, 11) is 0. The lowest BCUT2D eigenvalue weighted by Crippen LogP contribution is -2.48. The van der Waals surface area contributed by atoms with Gasteiger partial charge in [0.15, 0.2) is 0 Å². The Morgan fingerprint density at radius 2 is 1.90 bits per heavy atom. The van der Waals surface area contributed by atoms with E-state index in [0.29, 0.717) is 5.92 Å². The predicted molar refractivity (Wildman–Crippen MR) is 84.6 cm³/mol. The molecular weight excluding hydrogens is 246 g/mol. The molecule has 2 nitrogen and oxygen atoms in total. The van der Waals surface area contributed by atoms with Gasteiger partial charge in [-0.1, -0.05) is 57.0 Å². The zero-order valence-electron chi connectivity index (χ0n) is 13.0. The van der Waals surface area contributed by atoms with Crippen LogP contribution in [0.4, 0.5) is 0 Å². The Morgan fingerprint density at radius 1 is 1.20 bits per heavy atom. The quantitative estimate of drug-likeness (QED) is 0.852. The van der Waals surface area contributed by atoms with Crippen molar-refractivity contribution < 1.29 is 5.11 Å². The highest BCUT2D eigenvalue weighted by molar-refractivity contribution is 5.14. The number of aliphatic hydroxyl groups is 1. The summed E-state index contributed by atoms with van der Waals surface area (Å²) < 4.78 is 0. The van der Waals surface area contributed by atoms with Gasteiger partial charge < -0.3 is 5.11 Å². The monoisotopic (exact) mass is 275 g/mol. The van der Waals surface area contributed by atoms with Gasteiger partial charge in [0.1, 0.15) is 0 Å². The van der Waals surface area contributed by atoms with Crippen LogP contribution in [-0.4, -0.2) is 28.7 Å². The van der Waals surface area contributed by atoms with Crippen LogP contribution in [0.3, 0.4) is 0 Å². The van der Waals surface area contributed by atoms with Gasteiger partial charge in [0.2, 0.25) is 0 Å². The minimum absolute atomic E-state index is 0.469. The molecule has 20 heavy (non-hydrogen) atoms. The van der Waals surface area contributed by atoms with Gasteiger partial charge >= 0.3 is 0 Å². The van der Waals surface area contributed by atoms with E-state index in [4.69, 9.17) is 0 Å². The maximum absolute atomic E-state index is 10.9. The first-order valence-corrected chi connectivity index (χ1v) is 8.14. The fourth-order valence-corrected chi connectivity index (χ4v) is 3.46. The van der Waals surface area contributed by atoms with Crippen LogP contribution in [0.5, 0.6) is 0 Å². The Bertz CT molecular complexity index is 388. The Balaban J connectivity index is 1.93. The molecule has 1 saturated heterocycles. The third-order valence-electron chi connectivity index (χ3n) is 4.71. The molecule has 0 saturated carbocycles. The molecule has 1 fully saturated rings. The Morgan fingerprint density at radius 3 is 2.55 bits per heavy atom. The number of benzene rings is 1. The van der Waals surface area contributed by atoms with Gasteiger partial charge in [0.25, 0.3) is 0 Å². The van der Waals surface area contributed by atoms with E-state index in [-0.39, 0.29) is 0 Å². The zero-order valence-corrected chi connectivity index (χ0v) is 13.0. The normalized spacial score (nSPS) is 24.2. The Hall–Kier alpha value is -0.860. The molecule has 1 heterocycles. The minimum Gasteiger partial charge on any atom is -0.389 e. The van der Waals surface area contributed by atoms with Gasteiger partial charge in [-0.05, 0) is 37.3 Å². The fraction of sp³-hybridized carbons (Fsp3) is 0.667. The van der Waals surface area contributed by atoms with Crippen molar-refractivity contribution in [2.24, 2.45) is 5.92 Å². The van der Waals surface area contributed by atoms with Crippen molar-refractivity contribution >= 4 is 0 Å². The van der Waals surface area contributed by atoms with Crippen molar-refractivity contribution in [2.45, 2.75) is 58.1 Å². The summed E-state index contributed by atoms with van der Waals surface area (Å²) in [5.74, 6) is 0.664. The van der Waals surface area contributed by atoms with E-state index in [2.05, 4.69) is 49.1 Å². The molecule has 1 unspecified atom stereocenters. The third kappa shape index (κ3) is 4.32. The molecule has 0 aromatic heterocycles. The summed E-state index contributed by atoms with van der Waals surface area (Å²) >= 11 is 0. The summed E-state index contributed by atoms with van der Waals surface area (Å²) in [4.78, 5) is 2.42. The summed E-state index contributed by atoms with van der Waals surface area (Å²) in [6, 6.07) is 10.6. The van der Waals surface area contributed by atoms with E-state index >= 15 is 0 Å². The fourth-order valence-electron chi connectivity index (χ4n) is 3.46. The first kappa shape index (κ1) is 15.5. The maximum Gasteiger partial charge on any atom is 0.0777 e. The van der Waals surface area contributed by atoms with Gasteiger partial charge in [0, 0.05) is 13.1 Å². The molecule has 2 rings (SSSR count). The number of piperidine rings is 1. The van der Waals surface area contributed by atoms with Crippen LogP contribution in [0.2, 0.25) is 0 Å². The van der Waals surface area contributed by atoms with E-state index in [1.54, 1.807) is 0 Å². The Kier molecular flexibility index (Phi) is 5.62. The lowest BCUT2D eigenvalue weighted by Gasteiger charge is -2.41. The number of hydrogen-bond donors (Lipinski definition) is 1. The highest BCUT2D eigenvalue weighted by Crippen LogP contribution is 2.31. The number of hydrogen-bond acceptors (Lipinski definition) is 2. The highest BCUT2D eigenvalue weighted by atomic mass is 16.3. The van der Waals surface area contributed by atoms with Crippen molar-refractivity contribution in [3.8, 4) is 0 Å².